The van der Waals surface area contributed by atoms with Crippen molar-refractivity contribution in [2.75, 3.05) is 31.2 Å². The van der Waals surface area contributed by atoms with Gasteiger partial charge < -0.3 is 15.0 Å². The minimum Gasteiger partial charge on any atom is -0.378 e. The van der Waals surface area contributed by atoms with E-state index in [1.165, 1.54) is 16.8 Å². The van der Waals surface area contributed by atoms with E-state index in [4.69, 9.17) is 9.73 Å². The molecule has 2 heterocycles. The molecule has 5 nitrogen and oxygen atoms in total. The average molecular weight is 454 g/mol. The Bertz CT molecular complexity index is 1180. The van der Waals surface area contributed by atoms with E-state index in [0.717, 1.165) is 68.0 Å². The normalized spacial score (nSPS) is 20.3. The van der Waals surface area contributed by atoms with Crippen molar-refractivity contribution >= 4 is 23.1 Å². The van der Waals surface area contributed by atoms with Crippen molar-refractivity contribution < 1.29 is 9.53 Å². The molecule has 174 valence electrons. The Labute approximate surface area is 201 Å². The van der Waals surface area contributed by atoms with Gasteiger partial charge in [0, 0.05) is 30.8 Å². The summed E-state index contributed by atoms with van der Waals surface area (Å²) in [5.41, 5.74) is 7.92. The van der Waals surface area contributed by atoms with E-state index < -0.39 is 0 Å². The van der Waals surface area contributed by atoms with Crippen LogP contribution in [0.15, 0.2) is 88.5 Å². The highest BCUT2D eigenvalue weighted by Crippen LogP contribution is 2.31. The number of benzene rings is 2. The lowest BCUT2D eigenvalue weighted by Gasteiger charge is -2.28. The van der Waals surface area contributed by atoms with Gasteiger partial charge in [-0.25, -0.2) is 4.99 Å². The van der Waals surface area contributed by atoms with E-state index in [9.17, 15) is 4.79 Å². The van der Waals surface area contributed by atoms with Crippen LogP contribution in [-0.4, -0.2) is 38.0 Å². The van der Waals surface area contributed by atoms with Gasteiger partial charge in [-0.1, -0.05) is 48.1 Å². The number of hydrogen-bond donors (Lipinski definition) is 1. The summed E-state index contributed by atoms with van der Waals surface area (Å²) in [6.45, 7) is 5.60. The number of allylic oxidation sites excluding steroid dienone is 4. The fourth-order valence-corrected chi connectivity index (χ4v) is 4.77. The van der Waals surface area contributed by atoms with E-state index in [0.29, 0.717) is 12.3 Å². The minimum atomic E-state index is 0.0190. The Morgan fingerprint density at radius 2 is 1.79 bits per heavy atom. The lowest BCUT2D eigenvalue weighted by atomic mass is 9.92. The predicted molar refractivity (Wildman–Crippen MR) is 139 cm³/mol. The molecule has 2 fully saturated rings. The Morgan fingerprint density at radius 1 is 0.971 bits per heavy atom. The number of amidine groups is 1. The number of nitrogens with one attached hydrogen (secondary N) is 1. The monoisotopic (exact) mass is 453 g/mol. The molecule has 34 heavy (non-hydrogen) atoms. The molecule has 0 saturated carbocycles. The Kier molecular flexibility index (Phi) is 6.72. The third-order valence-electron chi connectivity index (χ3n) is 6.70. The molecule has 0 spiro atoms. The van der Waals surface area contributed by atoms with Crippen LogP contribution in [0.25, 0.3) is 11.1 Å². The van der Waals surface area contributed by atoms with Gasteiger partial charge in [0.1, 0.15) is 5.84 Å². The van der Waals surface area contributed by atoms with Crippen molar-refractivity contribution in [3.63, 3.8) is 0 Å². The zero-order chi connectivity index (χ0) is 23.3. The van der Waals surface area contributed by atoms with Crippen molar-refractivity contribution in [2.45, 2.75) is 32.6 Å². The van der Waals surface area contributed by atoms with Crippen LogP contribution < -0.4 is 10.2 Å². The Morgan fingerprint density at radius 3 is 2.62 bits per heavy atom. The standard InChI is InChI=1S/C29H31N3O2/c1-21-6-3-2-4-9-27-26(21)14-15-28(33)31-29(27)30-24-8-5-7-23(20-24)22-10-12-25(13-11-22)32-16-18-34-19-17-32/h2,4-5,7-13,20H,3,6,14-19H2,1H3,(H,30,31,33). The lowest BCUT2D eigenvalue weighted by Crippen LogP contribution is -2.36. The number of nitrogens with zero attached hydrogens (tertiary/aromatic N) is 2. The molecular weight excluding hydrogens is 422 g/mol. The maximum absolute atomic E-state index is 12.5. The second-order valence-corrected chi connectivity index (χ2v) is 9.01. The van der Waals surface area contributed by atoms with Gasteiger partial charge in [-0.2, -0.15) is 0 Å². The number of ether oxygens (including phenoxy) is 1. The maximum atomic E-state index is 12.5. The van der Waals surface area contributed by atoms with Crippen LogP contribution in [-0.2, 0) is 9.53 Å². The molecule has 0 unspecified atom stereocenters. The van der Waals surface area contributed by atoms with Crippen LogP contribution in [0.3, 0.4) is 0 Å². The molecule has 0 radical (unpaired) electrons. The van der Waals surface area contributed by atoms with Gasteiger partial charge >= 0.3 is 0 Å². The second kappa shape index (κ2) is 10.2. The first-order chi connectivity index (χ1) is 16.7. The lowest BCUT2D eigenvalue weighted by molar-refractivity contribution is -0.119. The summed E-state index contributed by atoms with van der Waals surface area (Å²) in [7, 11) is 0. The molecule has 2 aliphatic heterocycles. The number of hydrogen-bond acceptors (Lipinski definition) is 4. The highest BCUT2D eigenvalue weighted by molar-refractivity contribution is 6.12. The van der Waals surface area contributed by atoms with Crippen molar-refractivity contribution in [1.29, 1.82) is 0 Å². The fourth-order valence-electron chi connectivity index (χ4n) is 4.77. The number of morpholine rings is 1. The van der Waals surface area contributed by atoms with E-state index in [2.05, 4.69) is 71.8 Å². The first-order valence-electron chi connectivity index (χ1n) is 12.2. The first kappa shape index (κ1) is 22.4. The van der Waals surface area contributed by atoms with Gasteiger partial charge in [-0.3, -0.25) is 4.79 Å². The summed E-state index contributed by atoms with van der Waals surface area (Å²) in [5.74, 6) is 0.661. The zero-order valence-electron chi connectivity index (χ0n) is 19.7. The molecule has 2 saturated heterocycles. The van der Waals surface area contributed by atoms with Gasteiger partial charge in [0.05, 0.1) is 18.9 Å². The van der Waals surface area contributed by atoms with Crippen molar-refractivity contribution in [3.8, 4) is 11.1 Å². The quantitative estimate of drug-likeness (QED) is 0.646. The van der Waals surface area contributed by atoms with Crippen LogP contribution in [0.2, 0.25) is 0 Å². The largest absolute Gasteiger partial charge is 0.378 e. The van der Waals surface area contributed by atoms with Crippen LogP contribution in [0, 0.1) is 0 Å². The molecule has 1 aliphatic carbocycles. The number of anilines is 1. The van der Waals surface area contributed by atoms with Gasteiger partial charge in [-0.05, 0) is 67.2 Å². The molecule has 0 aromatic heterocycles. The smallest absolute Gasteiger partial charge is 0.225 e. The average Bonchev–Trinajstić information content (AvgIpc) is 3.01. The predicted octanol–water partition coefficient (Wildman–Crippen LogP) is 5.72. The van der Waals surface area contributed by atoms with Crippen LogP contribution in [0.5, 0.6) is 0 Å². The number of rotatable bonds is 3. The number of aliphatic imine (C=N–C) groups is 1. The highest BCUT2D eigenvalue weighted by atomic mass is 16.5. The zero-order valence-corrected chi connectivity index (χ0v) is 19.7. The SMILES string of the molecule is CC1=C2CCC(=O)NC(=Nc3cccc(-c4ccc(N5CCOCC5)cc4)c3)C2=CC=CCC1. The van der Waals surface area contributed by atoms with E-state index >= 15 is 0 Å². The molecule has 0 bridgehead atoms. The molecular formula is C29H31N3O2. The van der Waals surface area contributed by atoms with Crippen LogP contribution >= 0.6 is 0 Å². The molecule has 3 aliphatic rings. The molecule has 1 N–H and O–H groups in total. The summed E-state index contributed by atoms with van der Waals surface area (Å²) in [6.07, 6.45) is 9.64. The van der Waals surface area contributed by atoms with E-state index in [-0.39, 0.29) is 5.91 Å². The van der Waals surface area contributed by atoms with E-state index in [1.807, 2.05) is 12.1 Å². The third kappa shape index (κ3) is 5.05. The van der Waals surface area contributed by atoms with Crippen molar-refractivity contribution in [2.24, 2.45) is 4.99 Å². The van der Waals surface area contributed by atoms with Crippen molar-refractivity contribution in [1.82, 2.24) is 5.32 Å². The maximum Gasteiger partial charge on any atom is 0.225 e. The van der Waals surface area contributed by atoms with Crippen molar-refractivity contribution in [3.05, 3.63) is 83.5 Å². The number of fused-ring (bicyclic) bond motifs is 1. The molecule has 0 atom stereocenters. The summed E-state index contributed by atoms with van der Waals surface area (Å²) in [5, 5.41) is 3.06. The summed E-state index contributed by atoms with van der Waals surface area (Å²) in [4.78, 5) is 19.8. The van der Waals surface area contributed by atoms with Gasteiger partial charge in [0.15, 0.2) is 0 Å². The van der Waals surface area contributed by atoms with Gasteiger partial charge in [0.25, 0.3) is 0 Å². The topological polar surface area (TPSA) is 53.9 Å². The highest BCUT2D eigenvalue weighted by Gasteiger charge is 2.22. The third-order valence-corrected chi connectivity index (χ3v) is 6.70. The summed E-state index contributed by atoms with van der Waals surface area (Å²) >= 11 is 0. The number of carbonyl (C=O) groups excluding carboxylic acids is 1. The summed E-state index contributed by atoms with van der Waals surface area (Å²) < 4.78 is 5.47. The first-order valence-corrected chi connectivity index (χ1v) is 12.2. The van der Waals surface area contributed by atoms with E-state index in [1.54, 1.807) is 0 Å². The molecule has 1 amide bonds. The fraction of sp³-hybridized carbons (Fsp3) is 0.310. The Balaban J connectivity index is 1.45. The van der Waals surface area contributed by atoms with Gasteiger partial charge in [0.2, 0.25) is 5.91 Å². The molecule has 2 aromatic carbocycles. The number of amides is 1. The molecule has 5 rings (SSSR count). The second-order valence-electron chi connectivity index (χ2n) is 9.01. The van der Waals surface area contributed by atoms with Gasteiger partial charge in [-0.15, -0.1) is 0 Å². The molecule has 5 heteroatoms. The molecule has 2 aromatic rings. The number of carbonyl (C=O) groups is 1. The minimum absolute atomic E-state index is 0.0190. The Hall–Kier alpha value is -3.44. The van der Waals surface area contributed by atoms with Crippen LogP contribution in [0.4, 0.5) is 11.4 Å². The van der Waals surface area contributed by atoms with Crippen LogP contribution in [0.1, 0.15) is 32.6 Å². The summed E-state index contributed by atoms with van der Waals surface area (Å²) in [6, 6.07) is 16.9.